The normalized spacial score (nSPS) is 10.7. The molecule has 0 saturated heterocycles. The third-order valence-corrected chi connectivity index (χ3v) is 2.03. The highest BCUT2D eigenvalue weighted by molar-refractivity contribution is 6.67. The van der Waals surface area contributed by atoms with Crippen LogP contribution >= 0.6 is 23.2 Å². The van der Waals surface area contributed by atoms with Gasteiger partial charge in [0.1, 0.15) is 5.69 Å². The summed E-state index contributed by atoms with van der Waals surface area (Å²) in [6.45, 7) is 1.53. The standard InChI is InChI=1S/C8H5Cl2F2NO/c1-3-2-4(9)5(8(11)12)6(13-3)7(10)14/h2,8H,1H3. The average molecular weight is 240 g/mol. The van der Waals surface area contributed by atoms with Crippen LogP contribution in [0.25, 0.3) is 0 Å². The van der Waals surface area contributed by atoms with Crippen LogP contribution in [0.15, 0.2) is 6.07 Å². The van der Waals surface area contributed by atoms with Gasteiger partial charge in [0.2, 0.25) is 0 Å². The second kappa shape index (κ2) is 4.19. The fraction of sp³-hybridized carbons (Fsp3) is 0.250. The van der Waals surface area contributed by atoms with E-state index in [1.54, 1.807) is 0 Å². The molecule has 0 bridgehead atoms. The van der Waals surface area contributed by atoms with Crippen LogP contribution in [0.3, 0.4) is 0 Å². The Labute approximate surface area is 88.8 Å². The summed E-state index contributed by atoms with van der Waals surface area (Å²) < 4.78 is 24.9. The SMILES string of the molecule is Cc1cc(Cl)c(C(F)F)c(C(=O)Cl)n1. The van der Waals surface area contributed by atoms with Gasteiger partial charge < -0.3 is 0 Å². The fourth-order valence-corrected chi connectivity index (χ4v) is 1.47. The van der Waals surface area contributed by atoms with Gasteiger partial charge in [-0.25, -0.2) is 13.8 Å². The summed E-state index contributed by atoms with van der Waals surface area (Å²) in [5, 5.41) is -1.23. The number of aromatic nitrogens is 1. The van der Waals surface area contributed by atoms with Crippen molar-refractivity contribution in [2.45, 2.75) is 13.3 Å². The summed E-state index contributed by atoms with van der Waals surface area (Å²) in [6, 6.07) is 1.26. The summed E-state index contributed by atoms with van der Waals surface area (Å²) in [7, 11) is 0. The smallest absolute Gasteiger partial charge is 0.271 e. The van der Waals surface area contributed by atoms with Gasteiger partial charge in [0.15, 0.2) is 0 Å². The van der Waals surface area contributed by atoms with Crippen molar-refractivity contribution in [1.29, 1.82) is 0 Å². The molecule has 0 aliphatic rings. The van der Waals surface area contributed by atoms with Crippen LogP contribution in [0.4, 0.5) is 8.78 Å². The molecule has 0 aromatic carbocycles. The van der Waals surface area contributed by atoms with Crippen LogP contribution in [-0.2, 0) is 0 Å². The van der Waals surface area contributed by atoms with Crippen molar-refractivity contribution in [3.63, 3.8) is 0 Å². The molecule has 1 aromatic heterocycles. The molecule has 0 unspecified atom stereocenters. The first-order valence-electron chi connectivity index (χ1n) is 3.58. The molecular weight excluding hydrogens is 235 g/mol. The number of rotatable bonds is 2. The maximum absolute atomic E-state index is 12.4. The number of carbonyl (C=O) groups is 1. The number of halogens is 4. The zero-order valence-electron chi connectivity index (χ0n) is 7.02. The molecule has 0 saturated carbocycles. The average Bonchev–Trinajstić information content (AvgIpc) is 2.01. The molecule has 0 fully saturated rings. The fourth-order valence-electron chi connectivity index (χ4n) is 1.00. The van der Waals surface area contributed by atoms with Gasteiger partial charge in [0, 0.05) is 5.69 Å². The number of alkyl halides is 2. The Hall–Kier alpha value is -0.740. The van der Waals surface area contributed by atoms with Gasteiger partial charge in [-0.05, 0) is 24.6 Å². The van der Waals surface area contributed by atoms with Crippen LogP contribution < -0.4 is 0 Å². The van der Waals surface area contributed by atoms with Crippen LogP contribution in [0.2, 0.25) is 5.02 Å². The number of hydrogen-bond donors (Lipinski definition) is 0. The van der Waals surface area contributed by atoms with Crippen molar-refractivity contribution in [2.24, 2.45) is 0 Å². The van der Waals surface area contributed by atoms with Gasteiger partial charge in [0.05, 0.1) is 10.6 Å². The summed E-state index contributed by atoms with van der Waals surface area (Å²) in [6.07, 6.45) is -2.87. The third-order valence-electron chi connectivity index (χ3n) is 1.54. The van der Waals surface area contributed by atoms with Gasteiger partial charge in [-0.2, -0.15) is 0 Å². The molecule has 0 spiro atoms. The molecule has 1 heterocycles. The lowest BCUT2D eigenvalue weighted by Crippen LogP contribution is -2.04. The molecule has 0 aliphatic heterocycles. The van der Waals surface area contributed by atoms with E-state index in [9.17, 15) is 13.6 Å². The van der Waals surface area contributed by atoms with E-state index < -0.39 is 22.9 Å². The number of carbonyl (C=O) groups excluding carboxylic acids is 1. The maximum Gasteiger partial charge on any atom is 0.271 e. The van der Waals surface area contributed by atoms with E-state index in [1.165, 1.54) is 13.0 Å². The lowest BCUT2D eigenvalue weighted by atomic mass is 10.2. The minimum absolute atomic E-state index is 0.198. The molecule has 0 aliphatic carbocycles. The molecule has 0 radical (unpaired) electrons. The predicted octanol–water partition coefficient (Wildman–Crippen LogP) is 3.36. The molecule has 0 amide bonds. The Morgan fingerprint density at radius 3 is 2.57 bits per heavy atom. The highest BCUT2D eigenvalue weighted by Gasteiger charge is 2.22. The Bertz CT molecular complexity index is 382. The third kappa shape index (κ3) is 2.19. The monoisotopic (exact) mass is 239 g/mol. The zero-order valence-corrected chi connectivity index (χ0v) is 8.53. The van der Waals surface area contributed by atoms with E-state index in [4.69, 9.17) is 23.2 Å². The van der Waals surface area contributed by atoms with Crippen molar-refractivity contribution < 1.29 is 13.6 Å². The van der Waals surface area contributed by atoms with Gasteiger partial charge in [-0.15, -0.1) is 0 Å². The van der Waals surface area contributed by atoms with Crippen molar-refractivity contribution in [3.05, 3.63) is 28.0 Å². The van der Waals surface area contributed by atoms with Crippen LogP contribution in [0.1, 0.15) is 28.2 Å². The van der Waals surface area contributed by atoms with E-state index in [2.05, 4.69) is 4.98 Å². The van der Waals surface area contributed by atoms with Gasteiger partial charge >= 0.3 is 0 Å². The van der Waals surface area contributed by atoms with Crippen molar-refractivity contribution >= 4 is 28.4 Å². The first-order valence-corrected chi connectivity index (χ1v) is 4.34. The summed E-state index contributed by atoms with van der Waals surface area (Å²) >= 11 is 10.6. The Morgan fingerprint density at radius 2 is 2.14 bits per heavy atom. The second-order valence-electron chi connectivity index (χ2n) is 2.58. The highest BCUT2D eigenvalue weighted by Crippen LogP contribution is 2.30. The highest BCUT2D eigenvalue weighted by atomic mass is 35.5. The lowest BCUT2D eigenvalue weighted by Gasteiger charge is -2.07. The topological polar surface area (TPSA) is 30.0 Å². The lowest BCUT2D eigenvalue weighted by molar-refractivity contribution is 0.106. The summed E-state index contributed by atoms with van der Waals surface area (Å²) in [5.74, 6) is 0. The molecule has 1 rings (SSSR count). The Morgan fingerprint density at radius 1 is 1.57 bits per heavy atom. The zero-order chi connectivity index (χ0) is 10.9. The second-order valence-corrected chi connectivity index (χ2v) is 3.33. The minimum atomic E-state index is -2.87. The quantitative estimate of drug-likeness (QED) is 0.742. The minimum Gasteiger partial charge on any atom is -0.274 e. The molecule has 2 nitrogen and oxygen atoms in total. The van der Waals surface area contributed by atoms with E-state index >= 15 is 0 Å². The molecule has 76 valence electrons. The Balaban J connectivity index is 3.44. The van der Waals surface area contributed by atoms with E-state index in [-0.39, 0.29) is 5.02 Å². The van der Waals surface area contributed by atoms with Crippen molar-refractivity contribution in [1.82, 2.24) is 4.98 Å². The van der Waals surface area contributed by atoms with E-state index in [0.717, 1.165) is 0 Å². The van der Waals surface area contributed by atoms with E-state index in [1.807, 2.05) is 0 Å². The van der Waals surface area contributed by atoms with Crippen LogP contribution in [0.5, 0.6) is 0 Å². The van der Waals surface area contributed by atoms with Gasteiger partial charge in [0.25, 0.3) is 11.7 Å². The first-order chi connectivity index (χ1) is 6.43. The number of pyridine rings is 1. The van der Waals surface area contributed by atoms with Crippen molar-refractivity contribution in [2.75, 3.05) is 0 Å². The first kappa shape index (κ1) is 11.3. The molecule has 14 heavy (non-hydrogen) atoms. The van der Waals surface area contributed by atoms with Crippen LogP contribution in [0, 0.1) is 6.92 Å². The predicted molar refractivity (Wildman–Crippen MR) is 49.1 cm³/mol. The van der Waals surface area contributed by atoms with Gasteiger partial charge in [-0.1, -0.05) is 11.6 Å². The maximum atomic E-state index is 12.4. The van der Waals surface area contributed by atoms with Crippen LogP contribution in [-0.4, -0.2) is 10.2 Å². The van der Waals surface area contributed by atoms with Gasteiger partial charge in [-0.3, -0.25) is 4.79 Å². The Kier molecular flexibility index (Phi) is 3.39. The molecule has 0 N–H and O–H groups in total. The number of hydrogen-bond acceptors (Lipinski definition) is 2. The van der Waals surface area contributed by atoms with Crippen molar-refractivity contribution in [3.8, 4) is 0 Å². The summed E-state index contributed by atoms with van der Waals surface area (Å²) in [5.41, 5.74) is -0.729. The van der Waals surface area contributed by atoms with E-state index in [0.29, 0.717) is 5.69 Å². The molecular formula is C8H5Cl2F2NO. The molecule has 0 atom stereocenters. The summed E-state index contributed by atoms with van der Waals surface area (Å²) in [4.78, 5) is 14.4. The molecule has 6 heteroatoms. The largest absolute Gasteiger partial charge is 0.274 e. The number of aryl methyl sites for hydroxylation is 1. The molecule has 1 aromatic rings. The number of nitrogens with zero attached hydrogens (tertiary/aromatic N) is 1.